The molecule has 0 bridgehead atoms. The van der Waals surface area contributed by atoms with Crippen molar-refractivity contribution >= 4 is 34.7 Å². The number of hydrogen-bond donors (Lipinski definition) is 2. The number of nitrogens with two attached hydrogens (primary N) is 1. The van der Waals surface area contributed by atoms with Crippen molar-refractivity contribution in [3.05, 3.63) is 63.7 Å². The summed E-state index contributed by atoms with van der Waals surface area (Å²) in [5.74, 6) is -1.80. The summed E-state index contributed by atoms with van der Waals surface area (Å²) < 4.78 is 4.84. The standard InChI is InChI=1S/C17H15N3O6/c1-10(21)12-4-2-3-5-14(12)19-16(22)9-26-17(23)11-6-7-13(18)15(8-11)20(24)25/h2-8H,9,18H2,1H3,(H,19,22). The van der Waals surface area contributed by atoms with Crippen LogP contribution >= 0.6 is 0 Å². The van der Waals surface area contributed by atoms with Crippen LogP contribution in [0.15, 0.2) is 42.5 Å². The summed E-state index contributed by atoms with van der Waals surface area (Å²) in [6.45, 7) is 0.738. The zero-order valence-electron chi connectivity index (χ0n) is 13.7. The maximum absolute atomic E-state index is 11.9. The van der Waals surface area contributed by atoms with Gasteiger partial charge in [-0.25, -0.2) is 4.79 Å². The third-order valence-electron chi connectivity index (χ3n) is 3.38. The lowest BCUT2D eigenvalue weighted by atomic mass is 10.1. The van der Waals surface area contributed by atoms with Crippen molar-refractivity contribution in [3.8, 4) is 0 Å². The van der Waals surface area contributed by atoms with E-state index >= 15 is 0 Å². The fourth-order valence-electron chi connectivity index (χ4n) is 2.13. The van der Waals surface area contributed by atoms with Gasteiger partial charge in [-0.05, 0) is 31.2 Å². The molecule has 0 aliphatic heterocycles. The lowest BCUT2D eigenvalue weighted by molar-refractivity contribution is -0.383. The second-order valence-corrected chi connectivity index (χ2v) is 5.26. The summed E-state index contributed by atoms with van der Waals surface area (Å²) >= 11 is 0. The number of carbonyl (C=O) groups is 3. The lowest BCUT2D eigenvalue weighted by Crippen LogP contribution is -2.22. The van der Waals surface area contributed by atoms with Crippen LogP contribution < -0.4 is 11.1 Å². The average Bonchev–Trinajstić information content (AvgIpc) is 2.60. The van der Waals surface area contributed by atoms with Crippen molar-refractivity contribution in [1.82, 2.24) is 0 Å². The van der Waals surface area contributed by atoms with Crippen LogP contribution in [0.25, 0.3) is 0 Å². The van der Waals surface area contributed by atoms with Crippen LogP contribution in [0.1, 0.15) is 27.6 Å². The molecule has 0 spiro atoms. The number of benzene rings is 2. The summed E-state index contributed by atoms with van der Waals surface area (Å²) in [5, 5.41) is 13.3. The Bertz CT molecular complexity index is 894. The fraction of sp³-hybridized carbons (Fsp3) is 0.118. The van der Waals surface area contributed by atoms with Crippen molar-refractivity contribution in [2.75, 3.05) is 17.7 Å². The molecule has 2 aromatic rings. The van der Waals surface area contributed by atoms with Crippen LogP contribution in [0.5, 0.6) is 0 Å². The molecular formula is C17H15N3O6. The highest BCUT2D eigenvalue weighted by atomic mass is 16.6. The van der Waals surface area contributed by atoms with Crippen LogP contribution in [-0.4, -0.2) is 29.2 Å². The highest BCUT2D eigenvalue weighted by molar-refractivity contribution is 6.04. The molecule has 0 atom stereocenters. The third kappa shape index (κ3) is 4.41. The molecule has 0 saturated heterocycles. The molecule has 2 rings (SSSR count). The van der Waals surface area contributed by atoms with E-state index in [1.54, 1.807) is 24.3 Å². The molecule has 26 heavy (non-hydrogen) atoms. The number of nitrogen functional groups attached to an aromatic ring is 1. The van der Waals surface area contributed by atoms with E-state index < -0.39 is 29.1 Å². The van der Waals surface area contributed by atoms with Gasteiger partial charge in [-0.2, -0.15) is 0 Å². The Hall–Kier alpha value is -3.75. The van der Waals surface area contributed by atoms with E-state index in [-0.39, 0.29) is 17.0 Å². The Morgan fingerprint density at radius 1 is 1.19 bits per heavy atom. The van der Waals surface area contributed by atoms with Gasteiger partial charge in [-0.3, -0.25) is 19.7 Å². The van der Waals surface area contributed by atoms with Gasteiger partial charge in [0.2, 0.25) is 0 Å². The van der Waals surface area contributed by atoms with Gasteiger partial charge in [-0.1, -0.05) is 12.1 Å². The van der Waals surface area contributed by atoms with E-state index in [0.29, 0.717) is 11.3 Å². The first-order valence-corrected chi connectivity index (χ1v) is 7.40. The maximum Gasteiger partial charge on any atom is 0.338 e. The number of ketones is 1. The number of nitro groups is 1. The Balaban J connectivity index is 2.02. The number of nitrogens with zero attached hydrogens (tertiary/aromatic N) is 1. The predicted molar refractivity (Wildman–Crippen MR) is 92.9 cm³/mol. The van der Waals surface area contributed by atoms with E-state index in [1.807, 2.05) is 0 Å². The first-order valence-electron chi connectivity index (χ1n) is 7.40. The van der Waals surface area contributed by atoms with E-state index in [4.69, 9.17) is 10.5 Å². The number of para-hydroxylation sites is 1. The molecule has 3 N–H and O–H groups in total. The van der Waals surface area contributed by atoms with Gasteiger partial charge in [0.1, 0.15) is 5.69 Å². The third-order valence-corrected chi connectivity index (χ3v) is 3.38. The topological polar surface area (TPSA) is 142 Å². The summed E-state index contributed by atoms with van der Waals surface area (Å²) in [6.07, 6.45) is 0. The Morgan fingerprint density at radius 3 is 2.54 bits per heavy atom. The Kier molecular flexibility index (Phi) is 5.63. The van der Waals surface area contributed by atoms with Gasteiger partial charge in [0.05, 0.1) is 16.2 Å². The normalized spacial score (nSPS) is 10.0. The Morgan fingerprint density at radius 2 is 1.88 bits per heavy atom. The summed E-state index contributed by atoms with van der Waals surface area (Å²) in [7, 11) is 0. The van der Waals surface area contributed by atoms with Gasteiger partial charge in [0.25, 0.3) is 11.6 Å². The van der Waals surface area contributed by atoms with Gasteiger partial charge < -0.3 is 15.8 Å². The minimum Gasteiger partial charge on any atom is -0.452 e. The number of carbonyl (C=O) groups excluding carboxylic acids is 3. The molecule has 9 heteroatoms. The second-order valence-electron chi connectivity index (χ2n) is 5.26. The fourth-order valence-corrected chi connectivity index (χ4v) is 2.13. The van der Waals surface area contributed by atoms with E-state index in [0.717, 1.165) is 6.07 Å². The molecule has 0 unspecified atom stereocenters. The smallest absolute Gasteiger partial charge is 0.338 e. The molecule has 0 aliphatic carbocycles. The van der Waals surface area contributed by atoms with Crippen LogP contribution in [-0.2, 0) is 9.53 Å². The number of nitro benzene ring substituents is 1. The monoisotopic (exact) mass is 357 g/mol. The van der Waals surface area contributed by atoms with E-state index in [9.17, 15) is 24.5 Å². The zero-order valence-corrected chi connectivity index (χ0v) is 13.7. The Labute approximate surface area is 147 Å². The number of rotatable bonds is 6. The van der Waals surface area contributed by atoms with Crippen LogP contribution in [0.2, 0.25) is 0 Å². The number of ether oxygens (including phenoxy) is 1. The van der Waals surface area contributed by atoms with Crippen molar-refractivity contribution < 1.29 is 24.0 Å². The second kappa shape index (κ2) is 7.88. The van der Waals surface area contributed by atoms with Gasteiger partial charge in [0.15, 0.2) is 12.4 Å². The largest absolute Gasteiger partial charge is 0.452 e. The van der Waals surface area contributed by atoms with Crippen molar-refractivity contribution in [2.24, 2.45) is 0 Å². The number of Topliss-reactive ketones (excluding diaryl/α,β-unsaturated/α-hetero) is 1. The molecule has 1 amide bonds. The summed E-state index contributed by atoms with van der Waals surface area (Å²) in [4.78, 5) is 45.5. The van der Waals surface area contributed by atoms with Gasteiger partial charge >= 0.3 is 5.97 Å². The quantitative estimate of drug-likeness (QED) is 0.265. The highest BCUT2D eigenvalue weighted by Crippen LogP contribution is 2.22. The molecule has 0 fully saturated rings. The number of hydrogen-bond acceptors (Lipinski definition) is 7. The average molecular weight is 357 g/mol. The van der Waals surface area contributed by atoms with Crippen LogP contribution in [0, 0.1) is 10.1 Å². The van der Waals surface area contributed by atoms with Gasteiger partial charge in [0, 0.05) is 11.6 Å². The SMILES string of the molecule is CC(=O)c1ccccc1NC(=O)COC(=O)c1ccc(N)c([N+](=O)[O-])c1. The molecule has 0 saturated carbocycles. The van der Waals surface area contributed by atoms with E-state index in [2.05, 4.69) is 5.32 Å². The zero-order chi connectivity index (χ0) is 19.3. The van der Waals surface area contributed by atoms with Crippen LogP contribution in [0.4, 0.5) is 17.1 Å². The van der Waals surface area contributed by atoms with Crippen LogP contribution in [0.3, 0.4) is 0 Å². The number of esters is 1. The van der Waals surface area contributed by atoms with E-state index in [1.165, 1.54) is 19.1 Å². The first-order chi connectivity index (χ1) is 12.3. The molecule has 0 radical (unpaired) electrons. The molecule has 134 valence electrons. The molecule has 0 aromatic heterocycles. The maximum atomic E-state index is 11.9. The lowest BCUT2D eigenvalue weighted by Gasteiger charge is -2.09. The number of amides is 1. The molecule has 0 heterocycles. The molecule has 9 nitrogen and oxygen atoms in total. The molecular weight excluding hydrogens is 342 g/mol. The first kappa shape index (κ1) is 18.6. The van der Waals surface area contributed by atoms with Gasteiger partial charge in [-0.15, -0.1) is 0 Å². The van der Waals surface area contributed by atoms with Crippen molar-refractivity contribution in [1.29, 1.82) is 0 Å². The minimum atomic E-state index is -0.914. The number of anilines is 2. The minimum absolute atomic E-state index is 0.0925. The number of nitrogens with one attached hydrogen (secondary N) is 1. The molecule has 0 aliphatic rings. The predicted octanol–water partition coefficient (Wildman–Crippen LogP) is 2.18. The molecule has 2 aromatic carbocycles. The summed E-state index contributed by atoms with van der Waals surface area (Å²) in [5.41, 5.74) is 5.44. The highest BCUT2D eigenvalue weighted by Gasteiger charge is 2.18. The van der Waals surface area contributed by atoms with Crippen molar-refractivity contribution in [2.45, 2.75) is 6.92 Å². The summed E-state index contributed by atoms with van der Waals surface area (Å²) in [6, 6.07) is 9.82. The van der Waals surface area contributed by atoms with Crippen molar-refractivity contribution in [3.63, 3.8) is 0 Å².